The molecule has 122 valence electrons. The van der Waals surface area contributed by atoms with E-state index in [2.05, 4.69) is 20.3 Å². The van der Waals surface area contributed by atoms with Crippen molar-refractivity contribution in [1.82, 2.24) is 10.3 Å². The van der Waals surface area contributed by atoms with Gasteiger partial charge in [0.05, 0.1) is 22.3 Å². The zero-order valence-electron chi connectivity index (χ0n) is 12.9. The van der Waals surface area contributed by atoms with Gasteiger partial charge in [-0.3, -0.25) is 10.1 Å². The molecule has 0 bridgehead atoms. The van der Waals surface area contributed by atoms with Crippen LogP contribution in [0, 0.1) is 5.92 Å². The summed E-state index contributed by atoms with van der Waals surface area (Å²) in [4.78, 5) is 24.9. The molecule has 2 aliphatic heterocycles. The van der Waals surface area contributed by atoms with E-state index in [1.807, 2.05) is 29.9 Å². The van der Waals surface area contributed by atoms with Crippen molar-refractivity contribution in [1.29, 1.82) is 0 Å². The molecule has 1 fully saturated rings. The second-order valence-electron chi connectivity index (χ2n) is 5.75. The average molecular weight is 340 g/mol. The number of ether oxygens (including phenoxy) is 1. The molecule has 0 spiro atoms. The Morgan fingerprint density at radius 3 is 3.25 bits per heavy atom. The molecule has 1 saturated heterocycles. The summed E-state index contributed by atoms with van der Waals surface area (Å²) in [5.74, 6) is 0.405. The number of hydrogen-bond acceptors (Lipinski definition) is 6. The van der Waals surface area contributed by atoms with E-state index in [4.69, 9.17) is 4.74 Å². The van der Waals surface area contributed by atoms with Gasteiger partial charge in [-0.25, -0.2) is 15.0 Å². The first-order valence-electron chi connectivity index (χ1n) is 7.85. The number of rotatable bonds is 2. The number of carbonyl (C=O) groups excluding carboxylic acids is 1. The highest BCUT2D eigenvalue weighted by Gasteiger charge is 2.20. The minimum atomic E-state index is -0.230. The Hall–Kier alpha value is -2.38. The third-order valence-electron chi connectivity index (χ3n) is 3.95. The lowest BCUT2D eigenvalue weighted by atomic mass is 10.0. The van der Waals surface area contributed by atoms with E-state index in [9.17, 15) is 4.79 Å². The Bertz CT molecular complexity index is 862. The van der Waals surface area contributed by atoms with Crippen LogP contribution in [0.2, 0.25) is 0 Å². The van der Waals surface area contributed by atoms with Crippen molar-refractivity contribution in [2.45, 2.75) is 12.8 Å². The maximum Gasteiger partial charge on any atom is 0.276 e. The zero-order chi connectivity index (χ0) is 16.4. The zero-order valence-corrected chi connectivity index (χ0v) is 13.8. The molecular weight excluding hydrogens is 324 g/mol. The van der Waals surface area contributed by atoms with Gasteiger partial charge in [-0.2, -0.15) is 0 Å². The van der Waals surface area contributed by atoms with E-state index in [0.29, 0.717) is 24.2 Å². The first-order valence-corrected chi connectivity index (χ1v) is 8.73. The SMILES string of the molecule is O=C1NC(N=CC2CCCOC2)=N/C1=C\c1ccc2ncsc2c1. The number of thiazole rings is 1. The molecule has 7 heteroatoms. The number of nitrogens with zero attached hydrogens (tertiary/aromatic N) is 3. The fourth-order valence-corrected chi connectivity index (χ4v) is 3.42. The Morgan fingerprint density at radius 1 is 1.42 bits per heavy atom. The van der Waals surface area contributed by atoms with Crippen LogP contribution >= 0.6 is 11.3 Å². The Morgan fingerprint density at radius 2 is 2.38 bits per heavy atom. The van der Waals surface area contributed by atoms with Crippen LogP contribution in [-0.4, -0.2) is 36.3 Å². The summed E-state index contributed by atoms with van der Waals surface area (Å²) in [5, 5.41) is 2.69. The van der Waals surface area contributed by atoms with Crippen LogP contribution in [0.15, 0.2) is 39.4 Å². The second-order valence-corrected chi connectivity index (χ2v) is 6.64. The number of fused-ring (bicyclic) bond motifs is 1. The summed E-state index contributed by atoms with van der Waals surface area (Å²) >= 11 is 1.57. The molecule has 1 atom stereocenters. The van der Waals surface area contributed by atoms with E-state index in [0.717, 1.165) is 35.2 Å². The summed E-state index contributed by atoms with van der Waals surface area (Å²) < 4.78 is 6.50. The highest BCUT2D eigenvalue weighted by Crippen LogP contribution is 2.21. The van der Waals surface area contributed by atoms with E-state index in [1.165, 1.54) is 0 Å². The molecule has 2 aromatic rings. The molecule has 2 aliphatic rings. The molecule has 6 nitrogen and oxygen atoms in total. The predicted octanol–water partition coefficient (Wildman–Crippen LogP) is 2.62. The molecule has 1 N–H and O–H groups in total. The topological polar surface area (TPSA) is 75.9 Å². The molecule has 4 rings (SSSR count). The van der Waals surface area contributed by atoms with Gasteiger partial charge in [-0.05, 0) is 36.6 Å². The molecule has 24 heavy (non-hydrogen) atoms. The highest BCUT2D eigenvalue weighted by atomic mass is 32.1. The van der Waals surface area contributed by atoms with Crippen LogP contribution < -0.4 is 5.32 Å². The largest absolute Gasteiger partial charge is 0.381 e. The fraction of sp³-hybridized carbons (Fsp3) is 0.294. The van der Waals surface area contributed by atoms with Gasteiger partial charge in [0.1, 0.15) is 5.70 Å². The molecule has 1 aromatic carbocycles. The lowest BCUT2D eigenvalue weighted by molar-refractivity contribution is -0.115. The number of nitrogens with one attached hydrogen (secondary N) is 1. The third-order valence-corrected chi connectivity index (χ3v) is 4.74. The fourth-order valence-electron chi connectivity index (χ4n) is 2.70. The molecule has 0 radical (unpaired) electrons. The Balaban J connectivity index is 1.52. The average Bonchev–Trinajstić information content (AvgIpc) is 3.20. The van der Waals surface area contributed by atoms with E-state index >= 15 is 0 Å². The van der Waals surface area contributed by atoms with Crippen LogP contribution in [-0.2, 0) is 9.53 Å². The number of aromatic nitrogens is 1. The van der Waals surface area contributed by atoms with Crippen LogP contribution in [0.4, 0.5) is 0 Å². The molecule has 0 saturated carbocycles. The van der Waals surface area contributed by atoms with Gasteiger partial charge >= 0.3 is 0 Å². The summed E-state index contributed by atoms with van der Waals surface area (Å²) in [5.41, 5.74) is 4.06. The monoisotopic (exact) mass is 340 g/mol. The van der Waals surface area contributed by atoms with Gasteiger partial charge in [0.15, 0.2) is 0 Å². The van der Waals surface area contributed by atoms with E-state index in [1.54, 1.807) is 17.4 Å². The number of benzene rings is 1. The maximum atomic E-state index is 12.1. The normalized spacial score (nSPS) is 23.2. The van der Waals surface area contributed by atoms with Gasteiger partial charge in [0.2, 0.25) is 5.96 Å². The molecule has 3 heterocycles. The number of amides is 1. The number of carbonyl (C=O) groups is 1. The van der Waals surface area contributed by atoms with Crippen molar-refractivity contribution in [2.24, 2.45) is 15.9 Å². The number of aliphatic imine (C=N–C) groups is 2. The van der Waals surface area contributed by atoms with Crippen molar-refractivity contribution < 1.29 is 9.53 Å². The van der Waals surface area contributed by atoms with E-state index in [-0.39, 0.29) is 5.91 Å². The summed E-state index contributed by atoms with van der Waals surface area (Å²) in [6, 6.07) is 5.87. The van der Waals surface area contributed by atoms with Crippen LogP contribution in [0.3, 0.4) is 0 Å². The predicted molar refractivity (Wildman–Crippen MR) is 95.2 cm³/mol. The molecule has 1 aromatic heterocycles. The summed E-state index contributed by atoms with van der Waals surface area (Å²) in [7, 11) is 0. The third kappa shape index (κ3) is 3.27. The first kappa shape index (κ1) is 15.2. The first-order chi connectivity index (χ1) is 11.8. The maximum absolute atomic E-state index is 12.1. The minimum absolute atomic E-state index is 0.230. The molecular formula is C17H16N4O2S. The lowest BCUT2D eigenvalue weighted by Crippen LogP contribution is -2.24. The van der Waals surface area contributed by atoms with Crippen molar-refractivity contribution in [3.63, 3.8) is 0 Å². The van der Waals surface area contributed by atoms with Crippen molar-refractivity contribution in [2.75, 3.05) is 13.2 Å². The Labute approximate surface area is 143 Å². The van der Waals surface area contributed by atoms with Crippen LogP contribution in [0.25, 0.3) is 16.3 Å². The summed E-state index contributed by atoms with van der Waals surface area (Å²) in [6.45, 7) is 1.50. The highest BCUT2D eigenvalue weighted by molar-refractivity contribution is 7.16. The second kappa shape index (κ2) is 6.62. The van der Waals surface area contributed by atoms with Gasteiger partial charge in [0.25, 0.3) is 5.91 Å². The number of hydrogen-bond donors (Lipinski definition) is 1. The lowest BCUT2D eigenvalue weighted by Gasteiger charge is -2.17. The van der Waals surface area contributed by atoms with Crippen LogP contribution in [0.1, 0.15) is 18.4 Å². The molecule has 1 unspecified atom stereocenters. The smallest absolute Gasteiger partial charge is 0.276 e. The quantitative estimate of drug-likeness (QED) is 0.674. The van der Waals surface area contributed by atoms with Gasteiger partial charge in [0, 0.05) is 18.7 Å². The van der Waals surface area contributed by atoms with Gasteiger partial charge in [-0.15, -0.1) is 11.3 Å². The van der Waals surface area contributed by atoms with Crippen LogP contribution in [0.5, 0.6) is 0 Å². The van der Waals surface area contributed by atoms with Gasteiger partial charge in [-0.1, -0.05) is 6.07 Å². The standard InChI is InChI=1S/C17H16N4O2S/c22-16-14(6-11-3-4-13-15(7-11)24-10-19-13)20-17(21-16)18-8-12-2-1-5-23-9-12/h3-4,6-8,10,12H,1-2,5,9H2,(H,20,21,22)/b14-6-,18-8?. The van der Waals surface area contributed by atoms with Crippen molar-refractivity contribution in [3.05, 3.63) is 35.0 Å². The van der Waals surface area contributed by atoms with Crippen molar-refractivity contribution in [3.8, 4) is 0 Å². The van der Waals surface area contributed by atoms with E-state index < -0.39 is 0 Å². The summed E-state index contributed by atoms with van der Waals surface area (Å²) in [6.07, 6.45) is 5.69. The molecule has 0 aliphatic carbocycles. The van der Waals surface area contributed by atoms with Crippen molar-refractivity contribution >= 4 is 45.7 Å². The minimum Gasteiger partial charge on any atom is -0.381 e. The van der Waals surface area contributed by atoms with Gasteiger partial charge < -0.3 is 4.74 Å². The number of guanidine groups is 1. The Kier molecular flexibility index (Phi) is 4.18. The molecule has 1 amide bonds.